The Morgan fingerprint density at radius 3 is 2.69 bits per heavy atom. The summed E-state index contributed by atoms with van der Waals surface area (Å²) in [5, 5.41) is 2.83. The average molecular weight is 355 g/mol. The van der Waals surface area contributed by atoms with E-state index in [9.17, 15) is 9.59 Å². The largest absolute Gasteiger partial charge is 0.487 e. The second-order valence-corrected chi connectivity index (χ2v) is 6.15. The lowest BCUT2D eigenvalue weighted by molar-refractivity contribution is -0.115. The standard InChI is InChI=1S/C19H21N3O4/c1-12-10-22(16-8-5-14(20)9-17(16)26-12)11-18(23)21-15-6-3-13(4-7-15)19(24)25-2/h3-9,12H,10-11,20H2,1-2H3,(H,21,23). The Balaban J connectivity index is 1.68. The third-order valence-electron chi connectivity index (χ3n) is 4.05. The van der Waals surface area contributed by atoms with Gasteiger partial charge in [0.15, 0.2) is 0 Å². The molecule has 0 aromatic heterocycles. The van der Waals surface area contributed by atoms with E-state index in [1.54, 1.807) is 36.4 Å². The highest BCUT2D eigenvalue weighted by atomic mass is 16.5. The molecule has 0 saturated heterocycles. The average Bonchev–Trinajstić information content (AvgIpc) is 2.61. The highest BCUT2D eigenvalue weighted by Crippen LogP contribution is 2.34. The van der Waals surface area contributed by atoms with Crippen LogP contribution in [-0.2, 0) is 9.53 Å². The SMILES string of the molecule is COC(=O)c1ccc(NC(=O)CN2CC(C)Oc3cc(N)ccc32)cc1. The summed E-state index contributed by atoms with van der Waals surface area (Å²) in [7, 11) is 1.33. The van der Waals surface area contributed by atoms with Gasteiger partial charge in [0.1, 0.15) is 11.9 Å². The van der Waals surface area contributed by atoms with Crippen LogP contribution in [0.4, 0.5) is 17.1 Å². The van der Waals surface area contributed by atoms with Gasteiger partial charge in [-0.1, -0.05) is 0 Å². The second kappa shape index (κ2) is 7.35. The van der Waals surface area contributed by atoms with Gasteiger partial charge < -0.3 is 25.4 Å². The van der Waals surface area contributed by atoms with E-state index < -0.39 is 5.97 Å². The third-order valence-corrected chi connectivity index (χ3v) is 4.05. The number of esters is 1. The van der Waals surface area contributed by atoms with Crippen molar-refractivity contribution in [3.63, 3.8) is 0 Å². The lowest BCUT2D eigenvalue weighted by Gasteiger charge is -2.34. The molecule has 26 heavy (non-hydrogen) atoms. The van der Waals surface area contributed by atoms with E-state index >= 15 is 0 Å². The number of nitrogens with zero attached hydrogens (tertiary/aromatic N) is 1. The van der Waals surface area contributed by atoms with Crippen molar-refractivity contribution >= 4 is 28.9 Å². The van der Waals surface area contributed by atoms with Gasteiger partial charge >= 0.3 is 5.97 Å². The van der Waals surface area contributed by atoms with Crippen molar-refractivity contribution in [2.45, 2.75) is 13.0 Å². The van der Waals surface area contributed by atoms with Crippen molar-refractivity contribution in [1.29, 1.82) is 0 Å². The first kappa shape index (κ1) is 17.6. The monoisotopic (exact) mass is 355 g/mol. The molecule has 3 rings (SSSR count). The maximum atomic E-state index is 12.4. The van der Waals surface area contributed by atoms with E-state index in [-0.39, 0.29) is 18.6 Å². The molecule has 2 aromatic carbocycles. The van der Waals surface area contributed by atoms with Crippen molar-refractivity contribution in [2.24, 2.45) is 0 Å². The molecule has 0 saturated carbocycles. The number of hydrogen-bond donors (Lipinski definition) is 2. The molecule has 0 bridgehead atoms. The molecule has 0 fully saturated rings. The molecular formula is C19H21N3O4. The molecule has 2 aromatic rings. The Hall–Kier alpha value is -3.22. The normalized spacial score (nSPS) is 15.6. The van der Waals surface area contributed by atoms with Crippen molar-refractivity contribution in [3.05, 3.63) is 48.0 Å². The summed E-state index contributed by atoms with van der Waals surface area (Å²) in [5.41, 5.74) is 8.31. The number of hydrogen-bond acceptors (Lipinski definition) is 6. The predicted molar refractivity (Wildman–Crippen MR) is 99.6 cm³/mol. The predicted octanol–water partition coefficient (Wildman–Crippen LogP) is 2.28. The van der Waals surface area contributed by atoms with Gasteiger partial charge in [-0.3, -0.25) is 4.79 Å². The van der Waals surface area contributed by atoms with Crippen LogP contribution in [0.5, 0.6) is 5.75 Å². The number of nitrogen functional groups attached to an aromatic ring is 1. The minimum Gasteiger partial charge on any atom is -0.487 e. The quantitative estimate of drug-likeness (QED) is 0.645. The first-order valence-electron chi connectivity index (χ1n) is 8.25. The molecule has 3 N–H and O–H groups in total. The maximum absolute atomic E-state index is 12.4. The number of fused-ring (bicyclic) bond motifs is 1. The van der Waals surface area contributed by atoms with E-state index in [0.29, 0.717) is 29.2 Å². The summed E-state index contributed by atoms with van der Waals surface area (Å²) in [6.45, 7) is 2.73. The molecule has 0 aliphatic carbocycles. The van der Waals surface area contributed by atoms with Crippen LogP contribution in [-0.4, -0.2) is 38.2 Å². The lowest BCUT2D eigenvalue weighted by atomic mass is 10.1. The zero-order valence-corrected chi connectivity index (χ0v) is 14.7. The fourth-order valence-corrected chi connectivity index (χ4v) is 2.88. The van der Waals surface area contributed by atoms with Gasteiger partial charge in [0.2, 0.25) is 5.91 Å². The number of nitrogens with one attached hydrogen (secondary N) is 1. The van der Waals surface area contributed by atoms with Crippen molar-refractivity contribution in [2.75, 3.05) is 36.1 Å². The molecule has 7 heteroatoms. The highest BCUT2D eigenvalue weighted by molar-refractivity contribution is 5.95. The number of nitrogens with two attached hydrogens (primary N) is 1. The van der Waals surface area contributed by atoms with Gasteiger partial charge in [-0.2, -0.15) is 0 Å². The van der Waals surface area contributed by atoms with E-state index in [1.807, 2.05) is 17.9 Å². The van der Waals surface area contributed by atoms with Gasteiger partial charge in [0.05, 0.1) is 31.5 Å². The molecular weight excluding hydrogens is 334 g/mol. The number of benzene rings is 2. The molecule has 1 heterocycles. The van der Waals surface area contributed by atoms with Crippen LogP contribution in [0.15, 0.2) is 42.5 Å². The Labute approximate surface area is 151 Å². The summed E-state index contributed by atoms with van der Waals surface area (Å²) in [6.07, 6.45) is -0.0450. The summed E-state index contributed by atoms with van der Waals surface area (Å²) in [6, 6.07) is 12.0. The molecule has 7 nitrogen and oxygen atoms in total. The minimum atomic E-state index is -0.416. The molecule has 1 amide bonds. The molecule has 1 aliphatic heterocycles. The Morgan fingerprint density at radius 1 is 1.27 bits per heavy atom. The number of anilines is 3. The molecule has 0 spiro atoms. The third kappa shape index (κ3) is 3.88. The van der Waals surface area contributed by atoms with Crippen LogP contribution in [0.3, 0.4) is 0 Å². The number of amides is 1. The molecule has 1 atom stereocenters. The highest BCUT2D eigenvalue weighted by Gasteiger charge is 2.24. The fourth-order valence-electron chi connectivity index (χ4n) is 2.88. The lowest BCUT2D eigenvalue weighted by Crippen LogP contribution is -2.42. The number of methoxy groups -OCH3 is 1. The zero-order chi connectivity index (χ0) is 18.7. The van der Waals surface area contributed by atoms with Crippen LogP contribution in [0.2, 0.25) is 0 Å². The number of carbonyl (C=O) groups is 2. The number of carbonyl (C=O) groups excluding carboxylic acids is 2. The van der Waals surface area contributed by atoms with Gasteiger partial charge in [-0.25, -0.2) is 4.79 Å². The first-order valence-corrected chi connectivity index (χ1v) is 8.25. The van der Waals surface area contributed by atoms with Crippen molar-refractivity contribution < 1.29 is 19.1 Å². The first-order chi connectivity index (χ1) is 12.5. The Bertz CT molecular complexity index is 820. The molecule has 136 valence electrons. The molecule has 1 aliphatic rings. The maximum Gasteiger partial charge on any atom is 0.337 e. The van der Waals surface area contributed by atoms with Gasteiger partial charge in [-0.05, 0) is 43.3 Å². The van der Waals surface area contributed by atoms with Gasteiger partial charge in [-0.15, -0.1) is 0 Å². The Kier molecular flexibility index (Phi) is 4.97. The zero-order valence-electron chi connectivity index (χ0n) is 14.7. The van der Waals surface area contributed by atoms with Crippen LogP contribution >= 0.6 is 0 Å². The summed E-state index contributed by atoms with van der Waals surface area (Å²) < 4.78 is 10.4. The van der Waals surface area contributed by atoms with Gasteiger partial charge in [0.25, 0.3) is 0 Å². The minimum absolute atomic E-state index is 0.0450. The van der Waals surface area contributed by atoms with E-state index in [0.717, 1.165) is 5.69 Å². The van der Waals surface area contributed by atoms with E-state index in [4.69, 9.17) is 10.5 Å². The van der Waals surface area contributed by atoms with E-state index in [1.165, 1.54) is 7.11 Å². The smallest absolute Gasteiger partial charge is 0.337 e. The number of ether oxygens (including phenoxy) is 2. The van der Waals surface area contributed by atoms with Crippen molar-refractivity contribution in [1.82, 2.24) is 0 Å². The van der Waals surface area contributed by atoms with E-state index in [2.05, 4.69) is 10.1 Å². The van der Waals surface area contributed by atoms with Crippen LogP contribution in [0.25, 0.3) is 0 Å². The molecule has 1 unspecified atom stereocenters. The second-order valence-electron chi connectivity index (χ2n) is 6.15. The fraction of sp³-hybridized carbons (Fsp3) is 0.263. The van der Waals surface area contributed by atoms with Crippen LogP contribution < -0.4 is 20.7 Å². The summed E-state index contributed by atoms with van der Waals surface area (Å²) >= 11 is 0. The topological polar surface area (TPSA) is 93.9 Å². The summed E-state index contributed by atoms with van der Waals surface area (Å²) in [4.78, 5) is 25.8. The molecule has 0 radical (unpaired) electrons. The van der Waals surface area contributed by atoms with Crippen LogP contribution in [0, 0.1) is 0 Å². The summed E-state index contributed by atoms with van der Waals surface area (Å²) in [5.74, 6) is 0.104. The van der Waals surface area contributed by atoms with Crippen molar-refractivity contribution in [3.8, 4) is 5.75 Å². The van der Waals surface area contributed by atoms with Gasteiger partial charge in [0, 0.05) is 17.4 Å². The number of rotatable bonds is 4. The Morgan fingerprint density at radius 2 is 2.00 bits per heavy atom. The van der Waals surface area contributed by atoms with Crippen LogP contribution in [0.1, 0.15) is 17.3 Å².